The molecule has 0 aliphatic carbocycles. The first-order valence-corrected chi connectivity index (χ1v) is 8.68. The average Bonchev–Trinajstić information content (AvgIpc) is 3.02. The smallest absolute Gasteiger partial charge is 0.0783 e. The van der Waals surface area contributed by atoms with Gasteiger partial charge in [0.15, 0.2) is 0 Å². The zero-order valence-electron chi connectivity index (χ0n) is 12.7. The van der Waals surface area contributed by atoms with Crippen LogP contribution in [0.15, 0.2) is 6.20 Å². The molecule has 3 heterocycles. The molecule has 1 aromatic rings. The number of nitrogens with zero attached hydrogens (tertiary/aromatic N) is 2. The van der Waals surface area contributed by atoms with E-state index in [0.29, 0.717) is 12.0 Å². The number of aryl methyl sites for hydroxylation is 1. The summed E-state index contributed by atoms with van der Waals surface area (Å²) in [5.74, 6) is 3.07. The van der Waals surface area contributed by atoms with Crippen LogP contribution in [0.1, 0.15) is 36.6 Å². The van der Waals surface area contributed by atoms with Crippen molar-refractivity contribution in [1.29, 1.82) is 0 Å². The summed E-state index contributed by atoms with van der Waals surface area (Å²) in [4.78, 5) is 0. The van der Waals surface area contributed by atoms with E-state index in [0.717, 1.165) is 13.0 Å². The number of thioether (sulfide) groups is 1. The summed E-state index contributed by atoms with van der Waals surface area (Å²) in [5.41, 5.74) is 2.77. The third-order valence-electron chi connectivity index (χ3n) is 4.99. The van der Waals surface area contributed by atoms with Crippen molar-refractivity contribution in [2.24, 2.45) is 13.0 Å². The Morgan fingerprint density at radius 2 is 2.45 bits per heavy atom. The maximum Gasteiger partial charge on any atom is 0.0783 e. The van der Waals surface area contributed by atoms with Crippen LogP contribution in [0.25, 0.3) is 0 Å². The second-order valence-electron chi connectivity index (χ2n) is 6.16. The first-order valence-electron chi connectivity index (χ1n) is 7.53. The fraction of sp³-hybridized carbons (Fsp3) is 0.800. The van der Waals surface area contributed by atoms with Gasteiger partial charge in [0.25, 0.3) is 0 Å². The largest absolute Gasteiger partial charge is 0.374 e. The van der Waals surface area contributed by atoms with E-state index < -0.39 is 0 Å². The van der Waals surface area contributed by atoms with E-state index in [-0.39, 0.29) is 5.60 Å². The predicted octanol–water partition coefficient (Wildman–Crippen LogP) is 2.29. The van der Waals surface area contributed by atoms with Crippen molar-refractivity contribution >= 4 is 11.8 Å². The minimum absolute atomic E-state index is 0.152. The highest BCUT2D eigenvalue weighted by molar-refractivity contribution is 7.99. The highest BCUT2D eigenvalue weighted by atomic mass is 32.2. The summed E-state index contributed by atoms with van der Waals surface area (Å²) >= 11 is 2.04. The monoisotopic (exact) mass is 295 g/mol. The molecule has 3 atom stereocenters. The molecule has 20 heavy (non-hydrogen) atoms. The third kappa shape index (κ3) is 2.51. The van der Waals surface area contributed by atoms with Gasteiger partial charge in [-0.15, -0.1) is 0 Å². The molecule has 4 nitrogen and oxygen atoms in total. The molecular formula is C15H25N3OS. The zero-order chi connectivity index (χ0) is 14.2. The van der Waals surface area contributed by atoms with Gasteiger partial charge in [-0.25, -0.2) is 0 Å². The molecule has 2 fully saturated rings. The maximum atomic E-state index is 6.15. The molecule has 2 saturated heterocycles. The Morgan fingerprint density at radius 3 is 3.05 bits per heavy atom. The number of hydrogen-bond donors (Lipinski definition) is 1. The van der Waals surface area contributed by atoms with E-state index in [9.17, 15) is 0 Å². The molecule has 0 aromatic carbocycles. The highest BCUT2D eigenvalue weighted by Crippen LogP contribution is 2.44. The molecule has 1 aromatic heterocycles. The maximum absolute atomic E-state index is 6.15. The number of hydrogen-bond acceptors (Lipinski definition) is 4. The Balaban J connectivity index is 1.80. The van der Waals surface area contributed by atoms with Crippen molar-refractivity contribution in [2.75, 3.05) is 25.2 Å². The summed E-state index contributed by atoms with van der Waals surface area (Å²) in [5, 5.41) is 7.94. The molecule has 5 heteroatoms. The van der Waals surface area contributed by atoms with Crippen molar-refractivity contribution in [2.45, 2.75) is 37.8 Å². The van der Waals surface area contributed by atoms with Crippen molar-refractivity contribution in [3.05, 3.63) is 17.5 Å². The van der Waals surface area contributed by atoms with Crippen molar-refractivity contribution in [3.8, 4) is 0 Å². The van der Waals surface area contributed by atoms with Crippen molar-refractivity contribution < 1.29 is 4.74 Å². The molecule has 2 aliphatic heterocycles. The van der Waals surface area contributed by atoms with Crippen LogP contribution < -0.4 is 5.32 Å². The molecule has 2 aliphatic rings. The lowest BCUT2D eigenvalue weighted by atomic mass is 9.79. The quantitative estimate of drug-likeness (QED) is 0.929. The van der Waals surface area contributed by atoms with Gasteiger partial charge in [-0.2, -0.15) is 16.9 Å². The zero-order valence-corrected chi connectivity index (χ0v) is 13.5. The standard InChI is InChI=1S/C15H25N3OS/c1-11-13(9-17-18(11)3)14(16-2)12-4-6-19-15(8-12)5-7-20-10-15/h9,12,14,16H,4-8,10H2,1-3H3. The average molecular weight is 295 g/mol. The first-order chi connectivity index (χ1) is 9.65. The van der Waals surface area contributed by atoms with Gasteiger partial charge < -0.3 is 10.1 Å². The molecule has 0 saturated carbocycles. The minimum atomic E-state index is 0.152. The van der Waals surface area contributed by atoms with Crippen LogP contribution in [0, 0.1) is 12.8 Å². The number of ether oxygens (including phenoxy) is 1. The van der Waals surface area contributed by atoms with Gasteiger partial charge in [-0.3, -0.25) is 4.68 Å². The fourth-order valence-electron chi connectivity index (χ4n) is 3.68. The molecule has 0 radical (unpaired) electrons. The van der Waals surface area contributed by atoms with Gasteiger partial charge in [0.2, 0.25) is 0 Å². The van der Waals surface area contributed by atoms with E-state index in [1.54, 1.807) is 0 Å². The lowest BCUT2D eigenvalue weighted by Gasteiger charge is -2.41. The minimum Gasteiger partial charge on any atom is -0.374 e. The number of rotatable bonds is 3. The van der Waals surface area contributed by atoms with E-state index >= 15 is 0 Å². The van der Waals surface area contributed by atoms with Crippen molar-refractivity contribution in [3.63, 3.8) is 0 Å². The van der Waals surface area contributed by atoms with Gasteiger partial charge in [0, 0.05) is 36.7 Å². The van der Waals surface area contributed by atoms with E-state index in [2.05, 4.69) is 24.4 Å². The third-order valence-corrected chi connectivity index (χ3v) is 6.21. The van der Waals surface area contributed by atoms with Crippen LogP contribution >= 0.6 is 11.8 Å². The van der Waals surface area contributed by atoms with Crippen LogP contribution in [-0.2, 0) is 11.8 Å². The lowest BCUT2D eigenvalue weighted by Crippen LogP contribution is -2.43. The molecule has 1 N–H and O–H groups in total. The van der Waals surface area contributed by atoms with Gasteiger partial charge in [0.1, 0.15) is 0 Å². The SMILES string of the molecule is CNC(c1cnn(C)c1C)C1CCOC2(CCSC2)C1. The summed E-state index contributed by atoms with van der Waals surface area (Å²) in [6, 6.07) is 0.398. The summed E-state index contributed by atoms with van der Waals surface area (Å²) in [6.07, 6.45) is 5.57. The van der Waals surface area contributed by atoms with Crippen LogP contribution in [0.5, 0.6) is 0 Å². The fourth-order valence-corrected chi connectivity index (χ4v) is 5.06. The topological polar surface area (TPSA) is 39.1 Å². The first kappa shape index (κ1) is 14.4. The lowest BCUT2D eigenvalue weighted by molar-refractivity contribution is -0.0851. The van der Waals surface area contributed by atoms with Crippen LogP contribution in [0.3, 0.4) is 0 Å². The van der Waals surface area contributed by atoms with Crippen LogP contribution in [0.4, 0.5) is 0 Å². The molecule has 0 amide bonds. The highest BCUT2D eigenvalue weighted by Gasteiger charge is 2.42. The molecule has 3 rings (SSSR count). The number of aromatic nitrogens is 2. The predicted molar refractivity (Wildman–Crippen MR) is 83.1 cm³/mol. The van der Waals surface area contributed by atoms with Crippen LogP contribution in [0.2, 0.25) is 0 Å². The van der Waals surface area contributed by atoms with Crippen LogP contribution in [-0.4, -0.2) is 40.5 Å². The Hall–Kier alpha value is -0.520. The second-order valence-corrected chi connectivity index (χ2v) is 7.27. The summed E-state index contributed by atoms with van der Waals surface area (Å²) in [6.45, 7) is 3.07. The Kier molecular flexibility index (Phi) is 4.11. The second kappa shape index (κ2) is 5.70. The summed E-state index contributed by atoms with van der Waals surface area (Å²) < 4.78 is 8.13. The Morgan fingerprint density at radius 1 is 1.60 bits per heavy atom. The van der Waals surface area contributed by atoms with Gasteiger partial charge in [0.05, 0.1) is 11.8 Å². The van der Waals surface area contributed by atoms with Gasteiger partial charge in [-0.05, 0) is 44.9 Å². The van der Waals surface area contributed by atoms with Gasteiger partial charge >= 0.3 is 0 Å². The molecule has 1 spiro atoms. The van der Waals surface area contributed by atoms with Crippen molar-refractivity contribution in [1.82, 2.24) is 15.1 Å². The summed E-state index contributed by atoms with van der Waals surface area (Å²) in [7, 11) is 4.09. The Labute approximate surface area is 125 Å². The number of nitrogens with one attached hydrogen (secondary N) is 1. The Bertz CT molecular complexity index is 468. The van der Waals surface area contributed by atoms with E-state index in [1.807, 2.05) is 29.7 Å². The van der Waals surface area contributed by atoms with Gasteiger partial charge in [-0.1, -0.05) is 0 Å². The molecule has 112 valence electrons. The molecule has 3 unspecified atom stereocenters. The molecule has 0 bridgehead atoms. The van der Waals surface area contributed by atoms with E-state index in [4.69, 9.17) is 4.74 Å². The van der Waals surface area contributed by atoms with E-state index in [1.165, 1.54) is 35.6 Å². The normalized spacial score (nSPS) is 31.9. The molecular weight excluding hydrogens is 270 g/mol.